The minimum atomic E-state index is -2.46. The molecular weight excluding hydrogens is 222 g/mol. The molecule has 2 aromatic rings. The van der Waals surface area contributed by atoms with Crippen LogP contribution in [0.5, 0.6) is 0 Å². The Morgan fingerprint density at radius 2 is 2.20 bits per heavy atom. The Labute approximate surface area is 90.5 Å². The van der Waals surface area contributed by atoms with E-state index in [0.29, 0.717) is 11.3 Å². The Bertz CT molecular complexity index is 493. The Balaban J connectivity index is 2.63. The first kappa shape index (κ1) is 10.4. The van der Waals surface area contributed by atoms with Crippen LogP contribution in [0.3, 0.4) is 0 Å². The number of hydrogen-bond donors (Lipinski definition) is 0. The zero-order valence-electron chi connectivity index (χ0n) is 8.04. The second-order valence-electron chi connectivity index (χ2n) is 3.27. The second kappa shape index (κ2) is 3.77. The molecule has 0 saturated carbocycles. The summed E-state index contributed by atoms with van der Waals surface area (Å²) in [7, 11) is 1.81. The molecule has 0 bridgehead atoms. The van der Waals surface area contributed by atoms with Gasteiger partial charge >= 0.3 is 0 Å². The molecule has 0 spiro atoms. The van der Waals surface area contributed by atoms with Crippen LogP contribution in [-0.4, -0.2) is 9.55 Å². The van der Waals surface area contributed by atoms with Crippen molar-refractivity contribution in [1.82, 2.24) is 9.55 Å². The fourth-order valence-electron chi connectivity index (χ4n) is 1.52. The average Bonchev–Trinajstić information content (AvgIpc) is 2.55. The van der Waals surface area contributed by atoms with Crippen molar-refractivity contribution >= 4 is 22.6 Å². The summed E-state index contributed by atoms with van der Waals surface area (Å²) < 4.78 is 26.7. The van der Waals surface area contributed by atoms with E-state index in [1.54, 1.807) is 10.6 Å². The monoisotopic (exact) mass is 230 g/mol. The Hall–Kier alpha value is -1.16. The highest BCUT2D eigenvalue weighted by Crippen LogP contribution is 2.24. The number of nitrogens with zero attached hydrogens (tertiary/aromatic N) is 2. The van der Waals surface area contributed by atoms with Gasteiger partial charge in [-0.15, -0.1) is 11.6 Å². The number of hydrogen-bond acceptors (Lipinski definition) is 1. The predicted molar refractivity (Wildman–Crippen MR) is 55.2 cm³/mol. The molecular formula is C10H9ClF2N2. The lowest BCUT2D eigenvalue weighted by molar-refractivity contribution is 0.151. The van der Waals surface area contributed by atoms with E-state index in [-0.39, 0.29) is 11.4 Å². The van der Waals surface area contributed by atoms with Gasteiger partial charge in [-0.2, -0.15) is 0 Å². The average molecular weight is 231 g/mol. The molecule has 0 radical (unpaired) electrons. The summed E-state index contributed by atoms with van der Waals surface area (Å²) in [6, 6.07) is 4.45. The molecule has 0 fully saturated rings. The van der Waals surface area contributed by atoms with Gasteiger partial charge in [0.05, 0.1) is 16.9 Å². The van der Waals surface area contributed by atoms with Crippen molar-refractivity contribution in [2.75, 3.05) is 0 Å². The van der Waals surface area contributed by atoms with Crippen molar-refractivity contribution in [3.63, 3.8) is 0 Å². The third-order valence-corrected chi connectivity index (χ3v) is 2.61. The fourth-order valence-corrected chi connectivity index (χ4v) is 1.76. The summed E-state index contributed by atoms with van der Waals surface area (Å²) in [6.07, 6.45) is -2.46. The van der Waals surface area contributed by atoms with Crippen molar-refractivity contribution in [2.45, 2.75) is 12.3 Å². The van der Waals surface area contributed by atoms with Crippen molar-refractivity contribution in [2.24, 2.45) is 7.05 Å². The highest BCUT2D eigenvalue weighted by Gasteiger charge is 2.11. The van der Waals surface area contributed by atoms with Crippen molar-refractivity contribution in [3.05, 3.63) is 29.6 Å². The molecule has 0 aliphatic rings. The van der Waals surface area contributed by atoms with Crippen LogP contribution in [0.25, 0.3) is 11.0 Å². The van der Waals surface area contributed by atoms with Gasteiger partial charge in [0.25, 0.3) is 6.43 Å². The molecule has 0 aliphatic heterocycles. The zero-order valence-corrected chi connectivity index (χ0v) is 8.80. The van der Waals surface area contributed by atoms with Crippen LogP contribution in [-0.2, 0) is 12.9 Å². The number of alkyl halides is 3. The van der Waals surface area contributed by atoms with Gasteiger partial charge in [0, 0.05) is 12.6 Å². The maximum atomic E-state index is 12.4. The normalized spacial score (nSPS) is 11.5. The largest absolute Gasteiger partial charge is 0.330 e. The van der Waals surface area contributed by atoms with Crippen LogP contribution in [0.1, 0.15) is 17.8 Å². The summed E-state index contributed by atoms with van der Waals surface area (Å²) in [6.45, 7) is 0. The van der Waals surface area contributed by atoms with Gasteiger partial charge in [-0.25, -0.2) is 13.8 Å². The number of aryl methyl sites for hydroxylation is 1. The number of halogens is 3. The summed E-state index contributed by atoms with van der Waals surface area (Å²) in [4.78, 5) is 4.17. The molecule has 2 rings (SSSR count). The standard InChI is InChI=1S/C10H9ClF2N2/c1-15-8-3-2-6(10(12)13)4-7(8)14-9(15)5-11/h2-4,10H,5H2,1H3. The molecule has 0 saturated heterocycles. The first-order valence-corrected chi connectivity index (χ1v) is 4.96. The summed E-state index contributed by atoms with van der Waals surface area (Å²) in [5.41, 5.74) is 1.36. The van der Waals surface area contributed by atoms with Gasteiger partial charge in [-0.3, -0.25) is 0 Å². The van der Waals surface area contributed by atoms with Gasteiger partial charge in [0.15, 0.2) is 0 Å². The lowest BCUT2D eigenvalue weighted by atomic mass is 10.2. The summed E-state index contributed by atoms with van der Waals surface area (Å²) >= 11 is 5.67. The van der Waals surface area contributed by atoms with Gasteiger partial charge in [0.1, 0.15) is 5.82 Å². The third-order valence-electron chi connectivity index (χ3n) is 2.37. The van der Waals surface area contributed by atoms with Crippen molar-refractivity contribution in [3.8, 4) is 0 Å². The van der Waals surface area contributed by atoms with E-state index in [0.717, 1.165) is 5.52 Å². The quantitative estimate of drug-likeness (QED) is 0.725. The minimum Gasteiger partial charge on any atom is -0.330 e. The van der Waals surface area contributed by atoms with Crippen molar-refractivity contribution < 1.29 is 8.78 Å². The third kappa shape index (κ3) is 1.69. The number of benzene rings is 1. The molecule has 2 nitrogen and oxygen atoms in total. The van der Waals surface area contributed by atoms with E-state index in [4.69, 9.17) is 11.6 Å². The van der Waals surface area contributed by atoms with Gasteiger partial charge in [0.2, 0.25) is 0 Å². The maximum Gasteiger partial charge on any atom is 0.263 e. The van der Waals surface area contributed by atoms with Gasteiger partial charge < -0.3 is 4.57 Å². The van der Waals surface area contributed by atoms with E-state index in [1.165, 1.54) is 12.1 Å². The molecule has 80 valence electrons. The summed E-state index contributed by atoms with van der Waals surface area (Å²) in [5, 5.41) is 0. The molecule has 1 aromatic carbocycles. The van der Waals surface area contributed by atoms with E-state index in [2.05, 4.69) is 4.98 Å². The van der Waals surface area contributed by atoms with Crippen LogP contribution in [0.4, 0.5) is 8.78 Å². The SMILES string of the molecule is Cn1c(CCl)nc2cc(C(F)F)ccc21. The molecule has 5 heteroatoms. The van der Waals surface area contributed by atoms with Crippen LogP contribution in [0, 0.1) is 0 Å². The van der Waals surface area contributed by atoms with Crippen LogP contribution < -0.4 is 0 Å². The molecule has 15 heavy (non-hydrogen) atoms. The van der Waals surface area contributed by atoms with Crippen LogP contribution in [0.2, 0.25) is 0 Å². The number of imidazole rings is 1. The van der Waals surface area contributed by atoms with E-state index in [1.807, 2.05) is 7.05 Å². The second-order valence-corrected chi connectivity index (χ2v) is 3.54. The number of fused-ring (bicyclic) bond motifs is 1. The Morgan fingerprint density at radius 3 is 2.80 bits per heavy atom. The number of aromatic nitrogens is 2. The lowest BCUT2D eigenvalue weighted by Gasteiger charge is -2.00. The highest BCUT2D eigenvalue weighted by atomic mass is 35.5. The molecule has 0 unspecified atom stereocenters. The highest BCUT2D eigenvalue weighted by molar-refractivity contribution is 6.16. The molecule has 0 atom stereocenters. The molecule has 1 heterocycles. The zero-order chi connectivity index (χ0) is 11.0. The predicted octanol–water partition coefficient (Wildman–Crippen LogP) is 3.25. The Morgan fingerprint density at radius 1 is 1.47 bits per heavy atom. The van der Waals surface area contributed by atoms with Crippen LogP contribution in [0.15, 0.2) is 18.2 Å². The van der Waals surface area contributed by atoms with E-state index < -0.39 is 6.43 Å². The van der Waals surface area contributed by atoms with Gasteiger partial charge in [-0.1, -0.05) is 6.07 Å². The smallest absolute Gasteiger partial charge is 0.263 e. The molecule has 0 aliphatic carbocycles. The van der Waals surface area contributed by atoms with E-state index >= 15 is 0 Å². The first-order chi connectivity index (χ1) is 7.13. The molecule has 1 aromatic heterocycles. The topological polar surface area (TPSA) is 17.8 Å². The number of rotatable bonds is 2. The minimum absolute atomic E-state index is 0.0123. The molecule has 0 N–H and O–H groups in total. The van der Waals surface area contributed by atoms with E-state index in [9.17, 15) is 8.78 Å². The maximum absolute atomic E-state index is 12.4. The van der Waals surface area contributed by atoms with Crippen LogP contribution >= 0.6 is 11.6 Å². The summed E-state index contributed by atoms with van der Waals surface area (Å²) in [5.74, 6) is 0.952. The first-order valence-electron chi connectivity index (χ1n) is 4.43. The fraction of sp³-hybridized carbons (Fsp3) is 0.300. The molecule has 0 amide bonds. The van der Waals surface area contributed by atoms with Gasteiger partial charge in [-0.05, 0) is 12.1 Å². The Kier molecular flexibility index (Phi) is 2.61. The van der Waals surface area contributed by atoms with Crippen molar-refractivity contribution in [1.29, 1.82) is 0 Å². The lowest BCUT2D eigenvalue weighted by Crippen LogP contribution is -1.93.